The smallest absolute Gasteiger partial charge is 0.119 e. The van der Waals surface area contributed by atoms with Gasteiger partial charge in [0.1, 0.15) is 18.1 Å². The van der Waals surface area contributed by atoms with Gasteiger partial charge in [0.15, 0.2) is 0 Å². The highest BCUT2D eigenvalue weighted by Crippen LogP contribution is 2.47. The molecule has 1 heterocycles. The molecule has 0 unspecified atom stereocenters. The first-order valence-corrected chi connectivity index (χ1v) is 13.1. The Morgan fingerprint density at radius 2 is 1.68 bits per heavy atom. The number of benzene rings is 3. The SMILES string of the molecule is CC.Oc1ccc2c(c1)CC[C@H](c1ccccc1)[C@@H]2c1ccc(OCCN2CC(CCl)C2)cc1. The maximum Gasteiger partial charge on any atom is 0.119 e. The van der Waals surface area contributed by atoms with Gasteiger partial charge in [-0.2, -0.15) is 0 Å². The van der Waals surface area contributed by atoms with Gasteiger partial charge in [-0.15, -0.1) is 11.6 Å². The summed E-state index contributed by atoms with van der Waals surface area (Å²) in [7, 11) is 0. The highest BCUT2D eigenvalue weighted by Gasteiger charge is 2.32. The second-order valence-corrected chi connectivity index (χ2v) is 9.42. The van der Waals surface area contributed by atoms with E-state index in [0.29, 0.717) is 24.2 Å². The molecule has 1 aliphatic heterocycles. The van der Waals surface area contributed by atoms with E-state index in [1.165, 1.54) is 22.3 Å². The summed E-state index contributed by atoms with van der Waals surface area (Å²) in [5, 5.41) is 10.0. The molecule has 0 spiro atoms. The molecule has 1 saturated heterocycles. The molecule has 2 atom stereocenters. The number of fused-ring (bicyclic) bond motifs is 1. The first-order chi connectivity index (χ1) is 16.7. The van der Waals surface area contributed by atoms with E-state index in [1.807, 2.05) is 26.0 Å². The fourth-order valence-corrected chi connectivity index (χ4v) is 5.49. The summed E-state index contributed by atoms with van der Waals surface area (Å²) >= 11 is 5.90. The summed E-state index contributed by atoms with van der Waals surface area (Å²) < 4.78 is 6.01. The number of likely N-dealkylation sites (tertiary alicyclic amines) is 1. The number of phenols is 1. The van der Waals surface area contributed by atoms with Crippen molar-refractivity contribution in [3.8, 4) is 11.5 Å². The highest BCUT2D eigenvalue weighted by molar-refractivity contribution is 6.18. The third kappa shape index (κ3) is 5.59. The number of ether oxygens (including phenoxy) is 1. The highest BCUT2D eigenvalue weighted by atomic mass is 35.5. The van der Waals surface area contributed by atoms with Crippen molar-refractivity contribution < 1.29 is 9.84 Å². The van der Waals surface area contributed by atoms with Crippen LogP contribution >= 0.6 is 11.6 Å². The number of nitrogens with zero attached hydrogens (tertiary/aromatic N) is 1. The molecule has 3 aromatic rings. The molecule has 180 valence electrons. The Labute approximate surface area is 209 Å². The Morgan fingerprint density at radius 3 is 2.38 bits per heavy atom. The number of aryl methyl sites for hydroxylation is 1. The summed E-state index contributed by atoms with van der Waals surface area (Å²) in [6.45, 7) is 7.82. The van der Waals surface area contributed by atoms with E-state index in [4.69, 9.17) is 16.3 Å². The number of phenolic OH excluding ortho intramolecular Hbond substituents is 1. The molecule has 4 heteroatoms. The van der Waals surface area contributed by atoms with Crippen LogP contribution in [-0.2, 0) is 6.42 Å². The standard InChI is InChI=1S/C28H30ClNO2.C2H6/c29-17-20-18-30(19-20)14-15-32-25-10-6-22(7-11-25)28-26(21-4-2-1-3-5-21)12-8-23-16-24(31)9-13-27(23)28;1-2/h1-7,9-11,13,16,20,26,28,31H,8,12,14-15,17-19H2;1-2H3/t26-,28+;/m1./s1. The van der Waals surface area contributed by atoms with E-state index < -0.39 is 0 Å². The molecule has 0 aromatic heterocycles. The van der Waals surface area contributed by atoms with Gasteiger partial charge in [0.05, 0.1) is 0 Å². The van der Waals surface area contributed by atoms with Crippen molar-refractivity contribution in [3.63, 3.8) is 0 Å². The Morgan fingerprint density at radius 1 is 0.941 bits per heavy atom. The van der Waals surface area contributed by atoms with Crippen LogP contribution in [0.4, 0.5) is 0 Å². The van der Waals surface area contributed by atoms with Crippen LogP contribution in [0, 0.1) is 5.92 Å². The number of alkyl halides is 1. The van der Waals surface area contributed by atoms with Crippen LogP contribution in [0.5, 0.6) is 11.5 Å². The predicted octanol–water partition coefficient (Wildman–Crippen LogP) is 6.83. The molecule has 0 bridgehead atoms. The van der Waals surface area contributed by atoms with Gasteiger partial charge in [-0.1, -0.05) is 62.4 Å². The molecule has 5 rings (SSSR count). The Balaban J connectivity index is 0.00000133. The summed E-state index contributed by atoms with van der Waals surface area (Å²) in [6, 6.07) is 25.3. The second-order valence-electron chi connectivity index (χ2n) is 9.11. The van der Waals surface area contributed by atoms with E-state index in [1.54, 1.807) is 0 Å². The lowest BCUT2D eigenvalue weighted by Gasteiger charge is -2.38. The minimum atomic E-state index is 0.268. The molecule has 0 saturated carbocycles. The minimum absolute atomic E-state index is 0.268. The molecule has 3 aromatic carbocycles. The van der Waals surface area contributed by atoms with Gasteiger partial charge in [0.25, 0.3) is 0 Å². The minimum Gasteiger partial charge on any atom is -0.508 e. The van der Waals surface area contributed by atoms with Crippen molar-refractivity contribution in [1.82, 2.24) is 4.90 Å². The molecule has 0 amide bonds. The van der Waals surface area contributed by atoms with Crippen molar-refractivity contribution in [2.24, 2.45) is 5.92 Å². The van der Waals surface area contributed by atoms with Crippen LogP contribution in [-0.4, -0.2) is 42.1 Å². The lowest BCUT2D eigenvalue weighted by Crippen LogP contribution is -2.48. The molecule has 0 radical (unpaired) electrons. The molecular formula is C30H36ClNO2. The van der Waals surface area contributed by atoms with Crippen molar-refractivity contribution in [2.45, 2.75) is 38.5 Å². The normalized spacial score (nSPS) is 20.0. The average molecular weight is 478 g/mol. The van der Waals surface area contributed by atoms with E-state index in [2.05, 4.69) is 65.6 Å². The van der Waals surface area contributed by atoms with Gasteiger partial charge >= 0.3 is 0 Å². The van der Waals surface area contributed by atoms with Gasteiger partial charge in [-0.05, 0) is 71.2 Å². The largest absolute Gasteiger partial charge is 0.508 e. The van der Waals surface area contributed by atoms with Gasteiger partial charge in [0, 0.05) is 31.4 Å². The van der Waals surface area contributed by atoms with Crippen LogP contribution < -0.4 is 4.74 Å². The summed E-state index contributed by atoms with van der Waals surface area (Å²) in [6.07, 6.45) is 2.06. The lowest BCUT2D eigenvalue weighted by atomic mass is 9.69. The maximum absolute atomic E-state index is 10.0. The Hall–Kier alpha value is -2.49. The predicted molar refractivity (Wildman–Crippen MR) is 141 cm³/mol. The van der Waals surface area contributed by atoms with E-state index in [0.717, 1.165) is 44.1 Å². The average Bonchev–Trinajstić information content (AvgIpc) is 2.87. The fourth-order valence-electron chi connectivity index (χ4n) is 5.30. The van der Waals surface area contributed by atoms with E-state index in [-0.39, 0.29) is 5.92 Å². The zero-order valence-electron chi connectivity index (χ0n) is 20.3. The number of halogens is 1. The van der Waals surface area contributed by atoms with Crippen LogP contribution in [0.25, 0.3) is 0 Å². The van der Waals surface area contributed by atoms with Gasteiger partial charge in [-0.25, -0.2) is 0 Å². The molecule has 34 heavy (non-hydrogen) atoms. The van der Waals surface area contributed by atoms with Crippen molar-refractivity contribution in [2.75, 3.05) is 32.1 Å². The summed E-state index contributed by atoms with van der Waals surface area (Å²) in [5.74, 6) is 3.36. The monoisotopic (exact) mass is 477 g/mol. The van der Waals surface area contributed by atoms with Crippen molar-refractivity contribution >= 4 is 11.6 Å². The zero-order valence-corrected chi connectivity index (χ0v) is 21.0. The maximum atomic E-state index is 10.0. The van der Waals surface area contributed by atoms with Crippen LogP contribution in [0.2, 0.25) is 0 Å². The second kappa shape index (κ2) is 11.8. The van der Waals surface area contributed by atoms with E-state index in [9.17, 15) is 5.11 Å². The summed E-state index contributed by atoms with van der Waals surface area (Å²) in [5.41, 5.74) is 5.25. The first-order valence-electron chi connectivity index (χ1n) is 12.6. The lowest BCUT2D eigenvalue weighted by molar-refractivity contribution is 0.0950. The van der Waals surface area contributed by atoms with Crippen molar-refractivity contribution in [3.05, 3.63) is 95.1 Å². The Kier molecular flexibility index (Phi) is 8.53. The Bertz CT molecular complexity index is 1030. The third-order valence-corrected chi connectivity index (χ3v) is 7.42. The number of aromatic hydroxyl groups is 1. The molecular weight excluding hydrogens is 442 g/mol. The zero-order chi connectivity index (χ0) is 23.9. The number of hydrogen-bond acceptors (Lipinski definition) is 3. The quantitative estimate of drug-likeness (QED) is 0.378. The number of hydrogen-bond donors (Lipinski definition) is 1. The fraction of sp³-hybridized carbons (Fsp3) is 0.400. The molecule has 1 aliphatic carbocycles. The molecule has 2 aliphatic rings. The molecule has 1 fully saturated rings. The van der Waals surface area contributed by atoms with Crippen LogP contribution in [0.3, 0.4) is 0 Å². The topological polar surface area (TPSA) is 32.7 Å². The third-order valence-electron chi connectivity index (χ3n) is 6.98. The molecule has 3 nitrogen and oxygen atoms in total. The van der Waals surface area contributed by atoms with Gasteiger partial charge in [0.2, 0.25) is 0 Å². The van der Waals surface area contributed by atoms with E-state index >= 15 is 0 Å². The van der Waals surface area contributed by atoms with Gasteiger partial charge < -0.3 is 9.84 Å². The van der Waals surface area contributed by atoms with Gasteiger partial charge in [-0.3, -0.25) is 4.90 Å². The van der Waals surface area contributed by atoms with Crippen molar-refractivity contribution in [1.29, 1.82) is 0 Å². The number of rotatable bonds is 7. The first kappa shape index (κ1) is 24.6. The van der Waals surface area contributed by atoms with Crippen LogP contribution in [0.1, 0.15) is 54.4 Å². The molecule has 1 N–H and O–H groups in total. The van der Waals surface area contributed by atoms with Crippen LogP contribution in [0.15, 0.2) is 72.8 Å². The summed E-state index contributed by atoms with van der Waals surface area (Å²) in [4.78, 5) is 2.39.